The van der Waals surface area contributed by atoms with Crippen LogP contribution in [0, 0.1) is 17.2 Å². The summed E-state index contributed by atoms with van der Waals surface area (Å²) < 4.78 is 42.5. The Bertz CT molecular complexity index is 2190. The highest BCUT2D eigenvalue weighted by Gasteiger charge is 2.36. The second-order valence-corrected chi connectivity index (χ2v) is 17.4. The first kappa shape index (κ1) is 48.2. The molecule has 0 fully saturated rings. The monoisotopic (exact) mass is 879 g/mol. The molecule has 0 bridgehead atoms. The van der Waals surface area contributed by atoms with Crippen LogP contribution in [0.1, 0.15) is 98.2 Å². The molecular weight excluding hydrogens is 810 g/mol. The number of allylic oxidation sites excluding steroid dienone is 7. The van der Waals surface area contributed by atoms with Crippen LogP contribution in [0.4, 0.5) is 24.8 Å². The van der Waals surface area contributed by atoms with E-state index in [-0.39, 0.29) is 29.2 Å². The summed E-state index contributed by atoms with van der Waals surface area (Å²) in [4.78, 5) is 14.3. The lowest BCUT2D eigenvalue weighted by molar-refractivity contribution is 0.180. The smallest absolute Gasteiger partial charge is 0.260 e. The Kier molecular flexibility index (Phi) is 17.4. The molecule has 6 aliphatic rings. The zero-order valence-electron chi connectivity index (χ0n) is 38.5. The van der Waals surface area contributed by atoms with E-state index in [1.165, 1.54) is 40.6 Å². The Morgan fingerprint density at radius 2 is 1.48 bits per heavy atom. The van der Waals surface area contributed by atoms with Gasteiger partial charge in [-0.2, -0.15) is 5.10 Å². The van der Waals surface area contributed by atoms with Gasteiger partial charge >= 0.3 is 0 Å². The Labute approximate surface area is 378 Å². The van der Waals surface area contributed by atoms with E-state index in [4.69, 9.17) is 15.4 Å². The first-order chi connectivity index (χ1) is 31.1. The van der Waals surface area contributed by atoms with Gasteiger partial charge in [0.15, 0.2) is 0 Å². The SMILES string of the molecule is C=CC1CCc2ccc(N3CCCC4=C3C=C(C(F)F)C(c3cn[nH]c3)C4)nc21.C=CNC.CNC.CNCC(C=N)C1CC2=C(C=C1C(C)F)N(c1ccc3c(n1)CCC3)CCC2. The average molecular weight is 879 g/mol. The summed E-state index contributed by atoms with van der Waals surface area (Å²) in [5.74, 6) is 1.93. The molecule has 2 aliphatic heterocycles. The second kappa shape index (κ2) is 23.1. The van der Waals surface area contributed by atoms with Crippen molar-refractivity contribution in [3.8, 4) is 0 Å². The molecule has 4 aliphatic carbocycles. The fourth-order valence-corrected chi connectivity index (χ4v) is 10.1. The van der Waals surface area contributed by atoms with Crippen molar-refractivity contribution in [1.82, 2.24) is 36.1 Å². The van der Waals surface area contributed by atoms with Crippen molar-refractivity contribution < 1.29 is 13.2 Å². The summed E-state index contributed by atoms with van der Waals surface area (Å²) in [5, 5.41) is 23.2. The third-order valence-electron chi connectivity index (χ3n) is 13.2. The minimum Gasteiger partial charge on any atom is -0.394 e. The van der Waals surface area contributed by atoms with Gasteiger partial charge in [0.2, 0.25) is 0 Å². The second-order valence-electron chi connectivity index (χ2n) is 17.4. The third-order valence-corrected chi connectivity index (χ3v) is 13.2. The molecule has 0 amide bonds. The fourth-order valence-electron chi connectivity index (χ4n) is 10.1. The van der Waals surface area contributed by atoms with Crippen molar-refractivity contribution in [3.63, 3.8) is 0 Å². The van der Waals surface area contributed by atoms with E-state index in [2.05, 4.69) is 73.4 Å². The van der Waals surface area contributed by atoms with Gasteiger partial charge < -0.3 is 31.2 Å². The number of hydrogen-bond donors (Lipinski definition) is 5. The number of aryl methyl sites for hydroxylation is 3. The van der Waals surface area contributed by atoms with Gasteiger partial charge in [-0.05, 0) is 169 Å². The van der Waals surface area contributed by atoms with Gasteiger partial charge in [-0.3, -0.25) is 5.10 Å². The zero-order valence-corrected chi connectivity index (χ0v) is 38.5. The fraction of sp³-hybridized carbons (Fsp3) is 0.490. The van der Waals surface area contributed by atoms with Crippen LogP contribution < -0.4 is 25.8 Å². The lowest BCUT2D eigenvalue weighted by Crippen LogP contribution is -2.36. The molecule has 9 rings (SSSR count). The molecule has 0 aromatic carbocycles. The van der Waals surface area contributed by atoms with Crippen molar-refractivity contribution >= 4 is 17.9 Å². The normalized spacial score (nSPS) is 21.8. The van der Waals surface area contributed by atoms with E-state index >= 15 is 0 Å². The molecule has 5 atom stereocenters. The third kappa shape index (κ3) is 11.0. The maximum absolute atomic E-state index is 14.6. The summed E-state index contributed by atoms with van der Waals surface area (Å²) in [6.45, 7) is 11.4. The van der Waals surface area contributed by atoms with E-state index in [1.54, 1.807) is 31.6 Å². The summed E-state index contributed by atoms with van der Waals surface area (Å²) in [5.41, 5.74) is 11.5. The number of hydrogen-bond acceptors (Lipinski definition) is 9. The molecule has 5 unspecified atom stereocenters. The van der Waals surface area contributed by atoms with Crippen molar-refractivity contribution in [2.75, 3.05) is 57.6 Å². The minimum absolute atomic E-state index is 0.0250. The molecule has 0 spiro atoms. The quantitative estimate of drug-likeness (QED) is 0.0955. The van der Waals surface area contributed by atoms with E-state index in [1.807, 2.05) is 40.3 Å². The zero-order chi connectivity index (χ0) is 45.8. The molecule has 0 saturated carbocycles. The molecule has 3 aromatic rings. The van der Waals surface area contributed by atoms with E-state index in [9.17, 15) is 13.2 Å². The van der Waals surface area contributed by atoms with E-state index in [0.717, 1.165) is 111 Å². The number of aromatic amines is 1. The molecule has 5 N–H and O–H groups in total. The Hall–Kier alpha value is -5.27. The number of aromatic nitrogens is 4. The first-order valence-corrected chi connectivity index (χ1v) is 23.1. The average Bonchev–Trinajstić information content (AvgIpc) is 4.12. The lowest BCUT2D eigenvalue weighted by Gasteiger charge is -2.39. The molecule has 64 heavy (non-hydrogen) atoms. The topological polar surface area (TPSA) is 121 Å². The Balaban J connectivity index is 0.000000186. The standard InChI is InChI=1S/C23H24F2N4.C23H31FN4.C3H7N.C2H7N/c1-2-14-5-6-15-7-8-21(28-22(14)15)29-9-3-4-16-10-18(17-12-26-27-13-17)19(23(24)25)11-20(16)29;1-15(24)19-12-22-17(11-20(19)18(13-25)14-26-2)6-4-10-28(22)23-9-8-16-5-3-7-21(16)27-23;1-3-4-2;1-3-2/h2,7-8,11-14,18,23H,1,3-6,9-10H2,(H,26,27);8-9,12-13,15,18,20,25-26H,3-7,10-11,14H2,1-2H3;3-4H,1H2,2H3;3H,1-2H3. The summed E-state index contributed by atoms with van der Waals surface area (Å²) in [7, 11) is 7.46. The number of halogens is 3. The van der Waals surface area contributed by atoms with Crippen molar-refractivity contribution in [1.29, 1.82) is 5.41 Å². The number of alkyl halides is 3. The number of pyridine rings is 2. The van der Waals surface area contributed by atoms with Crippen molar-refractivity contribution in [3.05, 3.63) is 136 Å². The van der Waals surface area contributed by atoms with Crippen LogP contribution in [0.2, 0.25) is 0 Å². The highest BCUT2D eigenvalue weighted by atomic mass is 19.3. The molecule has 344 valence electrons. The number of nitrogens with zero attached hydrogens (tertiary/aromatic N) is 5. The molecule has 0 radical (unpaired) electrons. The minimum atomic E-state index is -2.49. The van der Waals surface area contributed by atoms with Crippen LogP contribution in [0.3, 0.4) is 0 Å². The van der Waals surface area contributed by atoms with Crippen molar-refractivity contribution in [2.45, 2.75) is 102 Å². The van der Waals surface area contributed by atoms with E-state index < -0.39 is 12.6 Å². The predicted molar refractivity (Wildman–Crippen MR) is 256 cm³/mol. The molecule has 10 nitrogen and oxygen atoms in total. The van der Waals surface area contributed by atoms with Gasteiger partial charge in [-0.15, -0.1) is 6.58 Å². The maximum atomic E-state index is 14.6. The number of rotatable bonds is 11. The maximum Gasteiger partial charge on any atom is 0.260 e. The molecule has 3 aromatic heterocycles. The highest BCUT2D eigenvalue weighted by Crippen LogP contribution is 2.45. The summed E-state index contributed by atoms with van der Waals surface area (Å²) in [6.07, 6.45) is 19.8. The number of H-pyrrole nitrogens is 1. The largest absolute Gasteiger partial charge is 0.394 e. The van der Waals surface area contributed by atoms with Crippen LogP contribution in [0.5, 0.6) is 0 Å². The van der Waals surface area contributed by atoms with Crippen LogP contribution in [0.25, 0.3) is 0 Å². The molecular formula is C51H69F3N10. The van der Waals surface area contributed by atoms with E-state index in [0.29, 0.717) is 13.0 Å². The number of anilines is 2. The van der Waals surface area contributed by atoms with Gasteiger partial charge in [-0.25, -0.2) is 23.1 Å². The first-order valence-electron chi connectivity index (χ1n) is 23.1. The number of nitrogens with one attached hydrogen (secondary N) is 5. The van der Waals surface area contributed by atoms with Crippen LogP contribution in [-0.4, -0.2) is 86.8 Å². The number of fused-ring (bicyclic) bond motifs is 2. The highest BCUT2D eigenvalue weighted by molar-refractivity contribution is 5.62. The lowest BCUT2D eigenvalue weighted by atomic mass is 9.74. The van der Waals surface area contributed by atoms with Crippen molar-refractivity contribution in [2.24, 2.45) is 11.8 Å². The van der Waals surface area contributed by atoms with Gasteiger partial charge in [0.1, 0.15) is 17.8 Å². The molecule has 0 saturated heterocycles. The Morgan fingerprint density at radius 1 is 0.844 bits per heavy atom. The van der Waals surface area contributed by atoms with Crippen LogP contribution >= 0.6 is 0 Å². The van der Waals surface area contributed by atoms with Gasteiger partial charge in [-0.1, -0.05) is 24.8 Å². The molecule has 5 heterocycles. The predicted octanol–water partition coefficient (Wildman–Crippen LogP) is 9.65. The van der Waals surface area contributed by atoms with Gasteiger partial charge in [0.05, 0.1) is 11.9 Å². The van der Waals surface area contributed by atoms with Crippen LogP contribution in [0.15, 0.2) is 108 Å². The summed E-state index contributed by atoms with van der Waals surface area (Å²) in [6, 6.07) is 8.55. The van der Waals surface area contributed by atoms with Gasteiger partial charge in [0, 0.05) is 79.5 Å². The summed E-state index contributed by atoms with van der Waals surface area (Å²) >= 11 is 0. The Morgan fingerprint density at radius 3 is 2.06 bits per heavy atom. The van der Waals surface area contributed by atoms with Crippen LogP contribution in [-0.2, 0) is 19.3 Å². The van der Waals surface area contributed by atoms with Gasteiger partial charge in [0.25, 0.3) is 6.43 Å². The molecule has 13 heteroatoms.